The van der Waals surface area contributed by atoms with E-state index in [2.05, 4.69) is 70.2 Å². The number of rotatable bonds is 7. The lowest BCUT2D eigenvalue weighted by molar-refractivity contribution is 0.304. The Hall–Kier alpha value is -0.870. The third-order valence-corrected chi connectivity index (χ3v) is 3.54. The first kappa shape index (κ1) is 18.2. The second-order valence-electron chi connectivity index (χ2n) is 7.90. The van der Waals surface area contributed by atoms with Crippen LogP contribution in [0, 0.1) is 5.92 Å². The first-order valence-electron chi connectivity index (χ1n) is 8.00. The number of hydrogen-bond donors (Lipinski definition) is 1. The molecule has 4 nitrogen and oxygen atoms in total. The average Bonchev–Trinajstić information content (AvgIpc) is 2.65. The molecule has 21 heavy (non-hydrogen) atoms. The van der Waals surface area contributed by atoms with Gasteiger partial charge in [-0.3, -0.25) is 4.68 Å². The van der Waals surface area contributed by atoms with Crippen LogP contribution in [0.2, 0.25) is 0 Å². The van der Waals surface area contributed by atoms with Crippen molar-refractivity contribution in [2.45, 2.75) is 59.0 Å². The molecular weight excluding hydrogens is 260 g/mol. The van der Waals surface area contributed by atoms with Crippen molar-refractivity contribution in [2.75, 3.05) is 20.6 Å². The van der Waals surface area contributed by atoms with Crippen LogP contribution in [0.15, 0.2) is 6.20 Å². The number of likely N-dealkylation sites (N-methyl/N-ethyl adjacent to an activating group) is 1. The Kier molecular flexibility index (Phi) is 6.41. The molecule has 0 bridgehead atoms. The molecule has 1 rings (SSSR count). The van der Waals surface area contributed by atoms with Crippen LogP contribution in [-0.4, -0.2) is 41.4 Å². The van der Waals surface area contributed by atoms with Gasteiger partial charge in [-0.15, -0.1) is 0 Å². The van der Waals surface area contributed by atoms with E-state index in [0.717, 1.165) is 13.1 Å². The van der Waals surface area contributed by atoms with E-state index in [1.54, 1.807) is 0 Å². The van der Waals surface area contributed by atoms with Crippen LogP contribution < -0.4 is 5.32 Å². The molecule has 1 unspecified atom stereocenters. The zero-order valence-electron chi connectivity index (χ0n) is 15.2. The van der Waals surface area contributed by atoms with Crippen molar-refractivity contribution in [3.63, 3.8) is 0 Å². The minimum atomic E-state index is 0.0906. The van der Waals surface area contributed by atoms with Crippen molar-refractivity contribution in [1.82, 2.24) is 20.0 Å². The Balaban J connectivity index is 2.75. The normalized spacial score (nSPS) is 14.2. The summed E-state index contributed by atoms with van der Waals surface area (Å²) in [7, 11) is 6.28. The van der Waals surface area contributed by atoms with Crippen LogP contribution in [0.1, 0.15) is 52.3 Å². The number of nitrogens with zero attached hydrogens (tertiary/aromatic N) is 3. The van der Waals surface area contributed by atoms with E-state index in [1.165, 1.54) is 17.7 Å². The third kappa shape index (κ3) is 6.18. The van der Waals surface area contributed by atoms with E-state index in [0.29, 0.717) is 12.0 Å². The lowest BCUT2D eigenvalue weighted by Gasteiger charge is -2.25. The summed E-state index contributed by atoms with van der Waals surface area (Å²) in [6.45, 7) is 13.2. The van der Waals surface area contributed by atoms with Crippen LogP contribution >= 0.6 is 0 Å². The highest BCUT2D eigenvalue weighted by Crippen LogP contribution is 2.24. The van der Waals surface area contributed by atoms with Crippen molar-refractivity contribution < 1.29 is 0 Å². The van der Waals surface area contributed by atoms with Gasteiger partial charge in [-0.05, 0) is 26.4 Å². The number of nitrogens with one attached hydrogen (secondary N) is 1. The number of aryl methyl sites for hydroxylation is 1. The fourth-order valence-electron chi connectivity index (χ4n) is 2.79. The summed E-state index contributed by atoms with van der Waals surface area (Å²) in [5.41, 5.74) is 2.61. The molecule has 0 spiro atoms. The van der Waals surface area contributed by atoms with E-state index >= 15 is 0 Å². The highest BCUT2D eigenvalue weighted by molar-refractivity contribution is 5.24. The Morgan fingerprint density at radius 1 is 1.29 bits per heavy atom. The van der Waals surface area contributed by atoms with Crippen molar-refractivity contribution in [3.05, 3.63) is 17.5 Å². The van der Waals surface area contributed by atoms with E-state index in [4.69, 9.17) is 0 Å². The minimum Gasteiger partial charge on any atom is -0.309 e. The van der Waals surface area contributed by atoms with E-state index in [9.17, 15) is 0 Å². The molecule has 0 amide bonds. The minimum absolute atomic E-state index is 0.0906. The molecule has 1 N–H and O–H groups in total. The molecule has 4 heteroatoms. The molecule has 1 heterocycles. The van der Waals surface area contributed by atoms with Gasteiger partial charge in [-0.25, -0.2) is 0 Å². The fourth-order valence-corrected chi connectivity index (χ4v) is 2.79. The zero-order valence-corrected chi connectivity index (χ0v) is 15.2. The molecule has 0 aromatic carbocycles. The standard InChI is InChI=1S/C17H34N4/c1-13(2)9-15(12-20(6)7)18-10-14-11-21(8)19-16(14)17(3,4)5/h11,13,15,18H,9-10,12H2,1-8H3. The molecule has 1 atom stereocenters. The summed E-state index contributed by atoms with van der Waals surface area (Å²) in [6, 6.07) is 0.521. The van der Waals surface area contributed by atoms with Gasteiger partial charge in [0.15, 0.2) is 0 Å². The Labute approximate surface area is 130 Å². The first-order valence-corrected chi connectivity index (χ1v) is 8.00. The summed E-state index contributed by atoms with van der Waals surface area (Å²) in [5.74, 6) is 0.707. The quantitative estimate of drug-likeness (QED) is 0.839. The maximum absolute atomic E-state index is 4.65. The maximum atomic E-state index is 4.65. The van der Waals surface area contributed by atoms with E-state index in [-0.39, 0.29) is 5.41 Å². The second kappa shape index (κ2) is 7.41. The van der Waals surface area contributed by atoms with Crippen LogP contribution in [0.3, 0.4) is 0 Å². The maximum Gasteiger partial charge on any atom is 0.0722 e. The van der Waals surface area contributed by atoms with Crippen molar-refractivity contribution in [2.24, 2.45) is 13.0 Å². The monoisotopic (exact) mass is 294 g/mol. The lowest BCUT2D eigenvalue weighted by atomic mass is 9.89. The molecule has 0 aliphatic heterocycles. The van der Waals surface area contributed by atoms with Crippen molar-refractivity contribution in [1.29, 1.82) is 0 Å². The first-order chi connectivity index (χ1) is 9.59. The number of hydrogen-bond acceptors (Lipinski definition) is 3. The highest BCUT2D eigenvalue weighted by Gasteiger charge is 2.22. The molecule has 0 saturated carbocycles. The molecule has 0 saturated heterocycles. The highest BCUT2D eigenvalue weighted by atomic mass is 15.3. The Morgan fingerprint density at radius 3 is 2.38 bits per heavy atom. The van der Waals surface area contributed by atoms with Crippen LogP contribution in [-0.2, 0) is 19.0 Å². The summed E-state index contributed by atoms with van der Waals surface area (Å²) >= 11 is 0. The Morgan fingerprint density at radius 2 is 1.90 bits per heavy atom. The largest absolute Gasteiger partial charge is 0.309 e. The van der Waals surface area contributed by atoms with Gasteiger partial charge in [-0.2, -0.15) is 5.10 Å². The van der Waals surface area contributed by atoms with E-state index < -0.39 is 0 Å². The van der Waals surface area contributed by atoms with E-state index in [1.807, 2.05) is 11.7 Å². The molecular formula is C17H34N4. The SMILES string of the molecule is CC(C)CC(CN(C)C)NCc1cn(C)nc1C(C)(C)C. The van der Waals surface area contributed by atoms with Gasteiger partial charge in [-0.1, -0.05) is 34.6 Å². The van der Waals surface area contributed by atoms with Crippen LogP contribution in [0.4, 0.5) is 0 Å². The summed E-state index contributed by atoms with van der Waals surface area (Å²) in [4.78, 5) is 2.26. The predicted molar refractivity (Wildman–Crippen MR) is 90.5 cm³/mol. The molecule has 122 valence electrons. The summed E-state index contributed by atoms with van der Waals surface area (Å²) in [6.07, 6.45) is 3.35. The van der Waals surface area contributed by atoms with Gasteiger partial charge < -0.3 is 10.2 Å². The molecule has 0 aliphatic rings. The lowest BCUT2D eigenvalue weighted by Crippen LogP contribution is -2.39. The van der Waals surface area contributed by atoms with Gasteiger partial charge in [0.1, 0.15) is 0 Å². The van der Waals surface area contributed by atoms with Crippen molar-refractivity contribution >= 4 is 0 Å². The molecule has 0 radical (unpaired) electrons. The van der Waals surface area contributed by atoms with Crippen LogP contribution in [0.25, 0.3) is 0 Å². The van der Waals surface area contributed by atoms with Gasteiger partial charge >= 0.3 is 0 Å². The summed E-state index contributed by atoms with van der Waals surface area (Å²) < 4.78 is 1.93. The van der Waals surface area contributed by atoms with Gasteiger partial charge in [0.25, 0.3) is 0 Å². The van der Waals surface area contributed by atoms with Gasteiger partial charge in [0.05, 0.1) is 5.69 Å². The summed E-state index contributed by atoms with van der Waals surface area (Å²) in [5, 5.41) is 8.38. The smallest absolute Gasteiger partial charge is 0.0722 e. The predicted octanol–water partition coefficient (Wildman–Crippen LogP) is 2.78. The Bertz CT molecular complexity index is 416. The van der Waals surface area contributed by atoms with Crippen LogP contribution in [0.5, 0.6) is 0 Å². The van der Waals surface area contributed by atoms with Gasteiger partial charge in [0, 0.05) is 43.4 Å². The van der Waals surface area contributed by atoms with Gasteiger partial charge in [0.2, 0.25) is 0 Å². The zero-order chi connectivity index (χ0) is 16.2. The molecule has 0 fully saturated rings. The number of aromatic nitrogens is 2. The topological polar surface area (TPSA) is 33.1 Å². The molecule has 0 aliphatic carbocycles. The molecule has 1 aromatic rings. The van der Waals surface area contributed by atoms with Crippen molar-refractivity contribution in [3.8, 4) is 0 Å². The molecule has 1 aromatic heterocycles. The third-order valence-electron chi connectivity index (χ3n) is 3.54. The average molecular weight is 294 g/mol. The fraction of sp³-hybridized carbons (Fsp3) is 0.824. The second-order valence-corrected chi connectivity index (χ2v) is 7.90.